The predicted octanol–water partition coefficient (Wildman–Crippen LogP) is 1.85. The first-order valence-corrected chi connectivity index (χ1v) is 6.52. The van der Waals surface area contributed by atoms with Gasteiger partial charge in [-0.3, -0.25) is 4.79 Å². The molecule has 0 unspecified atom stereocenters. The average molecular weight is 250 g/mol. The van der Waals surface area contributed by atoms with Crippen molar-refractivity contribution in [1.82, 2.24) is 15.5 Å². The van der Waals surface area contributed by atoms with Crippen molar-refractivity contribution in [2.24, 2.45) is 0 Å². The third-order valence-electron chi connectivity index (χ3n) is 2.66. The molecule has 0 aromatic carbocycles. The molecular weight excluding hydrogens is 228 g/mol. The number of nitrogens with one attached hydrogen (secondary N) is 1. The lowest BCUT2D eigenvalue weighted by atomic mass is 10.3. The second-order valence-corrected chi connectivity index (χ2v) is 4.31. The molecule has 0 bridgehead atoms. The van der Waals surface area contributed by atoms with Gasteiger partial charge >= 0.3 is 0 Å². The number of nitrogens with zero attached hydrogens (tertiary/aromatic N) is 3. The molecule has 0 saturated carbocycles. The van der Waals surface area contributed by atoms with Gasteiger partial charge in [-0.1, -0.05) is 20.3 Å². The molecule has 5 nitrogen and oxygen atoms in total. The lowest BCUT2D eigenvalue weighted by Crippen LogP contribution is -2.26. The minimum Gasteiger partial charge on any atom is -0.358 e. The summed E-state index contributed by atoms with van der Waals surface area (Å²) >= 11 is 0. The highest BCUT2D eigenvalue weighted by atomic mass is 16.1. The van der Waals surface area contributed by atoms with E-state index in [9.17, 15) is 4.79 Å². The van der Waals surface area contributed by atoms with Crippen molar-refractivity contribution in [3.63, 3.8) is 0 Å². The van der Waals surface area contributed by atoms with Crippen LogP contribution in [0.3, 0.4) is 0 Å². The van der Waals surface area contributed by atoms with Gasteiger partial charge in [-0.05, 0) is 25.0 Å². The first-order valence-electron chi connectivity index (χ1n) is 6.52. The van der Waals surface area contributed by atoms with E-state index in [1.165, 1.54) is 0 Å². The molecule has 0 saturated heterocycles. The lowest BCUT2D eigenvalue weighted by Gasteiger charge is -2.16. The van der Waals surface area contributed by atoms with E-state index in [0.717, 1.165) is 31.6 Å². The zero-order chi connectivity index (χ0) is 13.4. The predicted molar refractivity (Wildman–Crippen MR) is 72.8 cm³/mol. The van der Waals surface area contributed by atoms with Gasteiger partial charge in [0.15, 0.2) is 11.5 Å². The molecule has 0 aliphatic rings. The van der Waals surface area contributed by atoms with E-state index in [2.05, 4.69) is 22.4 Å². The topological polar surface area (TPSA) is 58.1 Å². The first-order chi connectivity index (χ1) is 8.69. The van der Waals surface area contributed by atoms with Crippen molar-refractivity contribution >= 4 is 11.7 Å². The molecule has 0 atom stereocenters. The normalized spacial score (nSPS) is 10.2. The number of carbonyl (C=O) groups is 1. The molecule has 1 N–H and O–H groups in total. The molecule has 0 radical (unpaired) electrons. The molecule has 0 spiro atoms. The molecule has 100 valence electrons. The van der Waals surface area contributed by atoms with Crippen molar-refractivity contribution < 1.29 is 4.79 Å². The standard InChI is InChI=1S/C13H22N4O/c1-4-6-10-17(3)12-8-7-11(15-16-12)13(18)14-9-5-2/h7-8H,4-6,9-10H2,1-3H3,(H,14,18). The van der Waals surface area contributed by atoms with Crippen LogP contribution in [0.1, 0.15) is 43.6 Å². The molecule has 1 aromatic heterocycles. The van der Waals surface area contributed by atoms with E-state index in [1.807, 2.05) is 24.9 Å². The fraction of sp³-hybridized carbons (Fsp3) is 0.615. The van der Waals surface area contributed by atoms with E-state index in [4.69, 9.17) is 0 Å². The minimum atomic E-state index is -0.160. The number of rotatable bonds is 7. The highest BCUT2D eigenvalue weighted by molar-refractivity contribution is 5.92. The average Bonchev–Trinajstić information content (AvgIpc) is 2.42. The Bertz CT molecular complexity index is 364. The Hall–Kier alpha value is -1.65. The molecule has 5 heteroatoms. The second-order valence-electron chi connectivity index (χ2n) is 4.31. The van der Waals surface area contributed by atoms with E-state index in [0.29, 0.717) is 12.2 Å². The van der Waals surface area contributed by atoms with Gasteiger partial charge in [0, 0.05) is 20.1 Å². The highest BCUT2D eigenvalue weighted by Gasteiger charge is 2.08. The van der Waals surface area contributed by atoms with Crippen LogP contribution in [-0.2, 0) is 0 Å². The Balaban J connectivity index is 2.59. The van der Waals surface area contributed by atoms with Crippen LogP contribution in [0.15, 0.2) is 12.1 Å². The Morgan fingerprint density at radius 2 is 2.06 bits per heavy atom. The third-order valence-corrected chi connectivity index (χ3v) is 2.66. The maximum Gasteiger partial charge on any atom is 0.271 e. The van der Waals surface area contributed by atoms with Crippen LogP contribution < -0.4 is 10.2 Å². The monoisotopic (exact) mass is 250 g/mol. The van der Waals surface area contributed by atoms with Gasteiger partial charge < -0.3 is 10.2 Å². The molecule has 18 heavy (non-hydrogen) atoms. The van der Waals surface area contributed by atoms with Gasteiger partial charge in [-0.2, -0.15) is 0 Å². The van der Waals surface area contributed by atoms with Crippen LogP contribution in [0.2, 0.25) is 0 Å². The fourth-order valence-corrected chi connectivity index (χ4v) is 1.49. The quantitative estimate of drug-likeness (QED) is 0.802. The van der Waals surface area contributed by atoms with Gasteiger partial charge in [0.05, 0.1) is 0 Å². The molecule has 1 amide bonds. The summed E-state index contributed by atoms with van der Waals surface area (Å²) in [5, 5.41) is 10.8. The largest absolute Gasteiger partial charge is 0.358 e. The van der Waals surface area contributed by atoms with Crippen molar-refractivity contribution in [2.45, 2.75) is 33.1 Å². The SMILES string of the molecule is CCCCN(C)c1ccc(C(=O)NCCC)nn1. The Morgan fingerprint density at radius 1 is 1.28 bits per heavy atom. The number of hydrogen-bond acceptors (Lipinski definition) is 4. The van der Waals surface area contributed by atoms with Gasteiger partial charge in [0.2, 0.25) is 0 Å². The second kappa shape index (κ2) is 7.63. The Morgan fingerprint density at radius 3 is 2.61 bits per heavy atom. The summed E-state index contributed by atoms with van der Waals surface area (Å²) in [6.45, 7) is 5.78. The van der Waals surface area contributed by atoms with Gasteiger partial charge in [0.25, 0.3) is 5.91 Å². The molecule has 0 aliphatic carbocycles. The molecule has 0 aliphatic heterocycles. The number of anilines is 1. The summed E-state index contributed by atoms with van der Waals surface area (Å²) in [6, 6.07) is 3.55. The van der Waals surface area contributed by atoms with Gasteiger partial charge in [-0.25, -0.2) is 0 Å². The lowest BCUT2D eigenvalue weighted by molar-refractivity contribution is 0.0947. The number of carbonyl (C=O) groups excluding carboxylic acids is 1. The van der Waals surface area contributed by atoms with E-state index < -0.39 is 0 Å². The summed E-state index contributed by atoms with van der Waals surface area (Å²) in [5.41, 5.74) is 0.371. The molecule has 1 heterocycles. The van der Waals surface area contributed by atoms with Crippen LogP contribution in [0.4, 0.5) is 5.82 Å². The zero-order valence-electron chi connectivity index (χ0n) is 11.4. The first kappa shape index (κ1) is 14.4. The van der Waals surface area contributed by atoms with E-state index >= 15 is 0 Å². The summed E-state index contributed by atoms with van der Waals surface area (Å²) in [5.74, 6) is 0.641. The van der Waals surface area contributed by atoms with Crippen LogP contribution >= 0.6 is 0 Å². The van der Waals surface area contributed by atoms with Crippen LogP contribution in [0.25, 0.3) is 0 Å². The smallest absolute Gasteiger partial charge is 0.271 e. The maximum absolute atomic E-state index is 11.6. The van der Waals surface area contributed by atoms with E-state index in [-0.39, 0.29) is 5.91 Å². The van der Waals surface area contributed by atoms with Gasteiger partial charge in [-0.15, -0.1) is 10.2 Å². The highest BCUT2D eigenvalue weighted by Crippen LogP contribution is 2.08. The van der Waals surface area contributed by atoms with Crippen LogP contribution in [0.5, 0.6) is 0 Å². The minimum absolute atomic E-state index is 0.160. The molecule has 1 aromatic rings. The van der Waals surface area contributed by atoms with Crippen LogP contribution in [-0.4, -0.2) is 36.2 Å². The number of hydrogen-bond donors (Lipinski definition) is 1. The van der Waals surface area contributed by atoms with Crippen molar-refractivity contribution in [3.05, 3.63) is 17.8 Å². The van der Waals surface area contributed by atoms with Crippen molar-refractivity contribution in [1.29, 1.82) is 0 Å². The fourth-order valence-electron chi connectivity index (χ4n) is 1.49. The van der Waals surface area contributed by atoms with Crippen LogP contribution in [0, 0.1) is 0 Å². The zero-order valence-corrected chi connectivity index (χ0v) is 11.4. The Labute approximate surface area is 109 Å². The summed E-state index contributed by atoms with van der Waals surface area (Å²) in [6.07, 6.45) is 3.18. The van der Waals surface area contributed by atoms with Gasteiger partial charge in [0.1, 0.15) is 0 Å². The summed E-state index contributed by atoms with van der Waals surface area (Å²) in [4.78, 5) is 13.7. The Kier molecular flexibility index (Phi) is 6.11. The maximum atomic E-state index is 11.6. The summed E-state index contributed by atoms with van der Waals surface area (Å²) < 4.78 is 0. The summed E-state index contributed by atoms with van der Waals surface area (Å²) in [7, 11) is 1.98. The van der Waals surface area contributed by atoms with E-state index in [1.54, 1.807) is 6.07 Å². The third kappa shape index (κ3) is 4.31. The van der Waals surface area contributed by atoms with Crippen molar-refractivity contribution in [3.8, 4) is 0 Å². The van der Waals surface area contributed by atoms with Crippen molar-refractivity contribution in [2.75, 3.05) is 25.0 Å². The number of amides is 1. The molecular formula is C13H22N4O. The number of unbranched alkanes of at least 4 members (excludes halogenated alkanes) is 1. The molecule has 1 rings (SSSR count). The molecule has 0 fully saturated rings. The number of aromatic nitrogens is 2.